The molecule has 6 heteroatoms. The number of amides is 1. The maximum Gasteiger partial charge on any atom is 0.306 e. The molecule has 1 aliphatic rings. The molecular formula is C14H17NO4S. The van der Waals surface area contributed by atoms with Gasteiger partial charge >= 0.3 is 5.97 Å². The summed E-state index contributed by atoms with van der Waals surface area (Å²) in [6.07, 6.45) is 0.943. The minimum Gasteiger partial charge on any atom is -0.481 e. The third-order valence-corrected chi connectivity index (χ3v) is 4.76. The highest BCUT2D eigenvalue weighted by molar-refractivity contribution is 7.85. The van der Waals surface area contributed by atoms with Gasteiger partial charge in [0.2, 0.25) is 5.91 Å². The third-order valence-electron chi connectivity index (χ3n) is 3.46. The third kappa shape index (κ3) is 3.66. The van der Waals surface area contributed by atoms with Crippen LogP contribution in [-0.2, 0) is 20.4 Å². The Balaban J connectivity index is 1.87. The number of carboxylic acids is 1. The van der Waals surface area contributed by atoms with E-state index < -0.39 is 16.8 Å². The van der Waals surface area contributed by atoms with Crippen LogP contribution in [0.2, 0.25) is 0 Å². The molecule has 108 valence electrons. The molecule has 1 aliphatic heterocycles. The van der Waals surface area contributed by atoms with Crippen LogP contribution in [0.5, 0.6) is 0 Å². The van der Waals surface area contributed by atoms with Crippen molar-refractivity contribution in [2.45, 2.75) is 17.7 Å². The number of likely N-dealkylation sites (tertiary alicyclic amines) is 1. The first-order chi connectivity index (χ1) is 9.58. The van der Waals surface area contributed by atoms with Crippen LogP contribution >= 0.6 is 0 Å². The molecule has 0 spiro atoms. The van der Waals surface area contributed by atoms with Crippen LogP contribution in [0.3, 0.4) is 0 Å². The Morgan fingerprint density at radius 1 is 1.20 bits per heavy atom. The van der Waals surface area contributed by atoms with Crippen LogP contribution < -0.4 is 0 Å². The van der Waals surface area contributed by atoms with Crippen LogP contribution in [-0.4, -0.2) is 44.9 Å². The van der Waals surface area contributed by atoms with Crippen LogP contribution in [0.1, 0.15) is 12.8 Å². The van der Waals surface area contributed by atoms with Gasteiger partial charge in [0.05, 0.1) is 16.7 Å². The second-order valence-electron chi connectivity index (χ2n) is 4.80. The summed E-state index contributed by atoms with van der Waals surface area (Å²) in [5, 5.41) is 8.91. The molecule has 1 saturated heterocycles. The monoisotopic (exact) mass is 295 g/mol. The second kappa shape index (κ2) is 6.65. The quantitative estimate of drug-likeness (QED) is 0.903. The topological polar surface area (TPSA) is 74.7 Å². The van der Waals surface area contributed by atoms with Crippen molar-refractivity contribution in [1.82, 2.24) is 4.90 Å². The maximum atomic E-state index is 12.0. The average molecular weight is 295 g/mol. The zero-order valence-corrected chi connectivity index (χ0v) is 11.8. The molecule has 1 fully saturated rings. The molecule has 0 aromatic heterocycles. The van der Waals surface area contributed by atoms with E-state index in [4.69, 9.17) is 5.11 Å². The van der Waals surface area contributed by atoms with Gasteiger partial charge in [0.1, 0.15) is 5.75 Å². The Labute approximate surface area is 120 Å². The minimum absolute atomic E-state index is 0.0399. The predicted octanol–water partition coefficient (Wildman–Crippen LogP) is 1.12. The highest BCUT2D eigenvalue weighted by Crippen LogP contribution is 2.18. The van der Waals surface area contributed by atoms with Gasteiger partial charge in [-0.1, -0.05) is 18.2 Å². The number of carbonyl (C=O) groups excluding carboxylic acids is 1. The molecule has 20 heavy (non-hydrogen) atoms. The van der Waals surface area contributed by atoms with Crippen LogP contribution in [0.15, 0.2) is 35.2 Å². The Hall–Kier alpha value is -1.69. The molecular weight excluding hydrogens is 278 g/mol. The molecule has 1 aromatic rings. The van der Waals surface area contributed by atoms with Crippen LogP contribution in [0.25, 0.3) is 0 Å². The van der Waals surface area contributed by atoms with Crippen molar-refractivity contribution < 1.29 is 18.9 Å². The standard InChI is InChI=1S/C14H17NO4S/c16-13(10-20(19)12-4-2-1-3-5-12)15-8-6-11(7-9-15)14(17)18/h1-5,11H,6-10H2,(H,17,18). The van der Waals surface area contributed by atoms with E-state index in [0.29, 0.717) is 30.8 Å². The van der Waals surface area contributed by atoms with Crippen molar-refractivity contribution >= 4 is 22.7 Å². The minimum atomic E-state index is -1.34. The first-order valence-electron chi connectivity index (χ1n) is 6.52. The SMILES string of the molecule is O=C(O)C1CCN(C(=O)CS(=O)c2ccccc2)CC1. The van der Waals surface area contributed by atoms with Gasteiger partial charge in [0, 0.05) is 18.0 Å². The van der Waals surface area contributed by atoms with E-state index in [9.17, 15) is 13.8 Å². The molecule has 1 N–H and O–H groups in total. The van der Waals surface area contributed by atoms with Crippen LogP contribution in [0, 0.1) is 5.92 Å². The molecule has 1 atom stereocenters. The molecule has 1 aromatic carbocycles. The summed E-state index contributed by atoms with van der Waals surface area (Å²) in [7, 11) is -1.34. The number of aliphatic carboxylic acids is 1. The number of hydrogen-bond acceptors (Lipinski definition) is 3. The van der Waals surface area contributed by atoms with E-state index in [0.717, 1.165) is 0 Å². The molecule has 1 unspecified atom stereocenters. The van der Waals surface area contributed by atoms with Gasteiger partial charge in [-0.3, -0.25) is 13.8 Å². The zero-order chi connectivity index (χ0) is 14.5. The van der Waals surface area contributed by atoms with Crippen molar-refractivity contribution in [2.75, 3.05) is 18.8 Å². The predicted molar refractivity (Wildman–Crippen MR) is 74.7 cm³/mol. The number of carboxylic acid groups (broad SMARTS) is 1. The number of hydrogen-bond donors (Lipinski definition) is 1. The van der Waals surface area contributed by atoms with E-state index in [1.807, 2.05) is 6.07 Å². The smallest absolute Gasteiger partial charge is 0.306 e. The van der Waals surface area contributed by atoms with Gasteiger partial charge in [-0.15, -0.1) is 0 Å². The van der Waals surface area contributed by atoms with Gasteiger partial charge in [0.25, 0.3) is 0 Å². The number of rotatable bonds is 4. The molecule has 0 radical (unpaired) electrons. The molecule has 0 aliphatic carbocycles. The molecule has 0 bridgehead atoms. The fourth-order valence-electron chi connectivity index (χ4n) is 2.23. The van der Waals surface area contributed by atoms with Gasteiger partial charge in [-0.05, 0) is 25.0 Å². The summed E-state index contributed by atoms with van der Waals surface area (Å²) < 4.78 is 12.0. The Bertz CT molecular complexity index is 509. The summed E-state index contributed by atoms with van der Waals surface area (Å²) in [5.74, 6) is -1.37. The van der Waals surface area contributed by atoms with Crippen molar-refractivity contribution in [3.05, 3.63) is 30.3 Å². The van der Waals surface area contributed by atoms with Gasteiger partial charge < -0.3 is 10.0 Å². The van der Waals surface area contributed by atoms with Crippen molar-refractivity contribution in [3.63, 3.8) is 0 Å². The lowest BCUT2D eigenvalue weighted by Crippen LogP contribution is -2.42. The highest BCUT2D eigenvalue weighted by atomic mass is 32.2. The zero-order valence-electron chi connectivity index (χ0n) is 11.0. The van der Waals surface area contributed by atoms with E-state index in [1.165, 1.54) is 0 Å². The molecule has 1 amide bonds. The fraction of sp³-hybridized carbons (Fsp3) is 0.429. The van der Waals surface area contributed by atoms with Gasteiger partial charge in [0.15, 0.2) is 0 Å². The number of piperidine rings is 1. The Morgan fingerprint density at radius 3 is 2.35 bits per heavy atom. The lowest BCUT2D eigenvalue weighted by Gasteiger charge is -2.30. The van der Waals surface area contributed by atoms with Gasteiger partial charge in [-0.25, -0.2) is 0 Å². The fourth-order valence-corrected chi connectivity index (χ4v) is 3.27. The number of benzene rings is 1. The summed E-state index contributed by atoms with van der Waals surface area (Å²) in [6, 6.07) is 8.88. The lowest BCUT2D eigenvalue weighted by atomic mass is 9.97. The van der Waals surface area contributed by atoms with E-state index >= 15 is 0 Å². The van der Waals surface area contributed by atoms with Crippen molar-refractivity contribution in [1.29, 1.82) is 0 Å². The van der Waals surface area contributed by atoms with Crippen molar-refractivity contribution in [3.8, 4) is 0 Å². The number of carbonyl (C=O) groups is 2. The van der Waals surface area contributed by atoms with E-state index in [2.05, 4.69) is 0 Å². The summed E-state index contributed by atoms with van der Waals surface area (Å²) in [5.41, 5.74) is 0. The Kier molecular flexibility index (Phi) is 4.89. The first kappa shape index (κ1) is 14.7. The second-order valence-corrected chi connectivity index (χ2v) is 6.25. The molecule has 0 saturated carbocycles. The van der Waals surface area contributed by atoms with E-state index in [1.54, 1.807) is 29.2 Å². The molecule has 5 nitrogen and oxygen atoms in total. The summed E-state index contributed by atoms with van der Waals surface area (Å²) >= 11 is 0. The molecule has 2 rings (SSSR count). The lowest BCUT2D eigenvalue weighted by molar-refractivity contribution is -0.145. The summed E-state index contributed by atoms with van der Waals surface area (Å²) in [4.78, 5) is 25.1. The largest absolute Gasteiger partial charge is 0.481 e. The van der Waals surface area contributed by atoms with Crippen LogP contribution in [0.4, 0.5) is 0 Å². The Morgan fingerprint density at radius 2 is 1.80 bits per heavy atom. The van der Waals surface area contributed by atoms with E-state index in [-0.39, 0.29) is 17.6 Å². The highest BCUT2D eigenvalue weighted by Gasteiger charge is 2.27. The average Bonchev–Trinajstić information content (AvgIpc) is 2.48. The number of nitrogens with zero attached hydrogens (tertiary/aromatic N) is 1. The first-order valence-corrected chi connectivity index (χ1v) is 7.84. The summed E-state index contributed by atoms with van der Waals surface area (Å²) in [6.45, 7) is 0.865. The van der Waals surface area contributed by atoms with Gasteiger partial charge in [-0.2, -0.15) is 0 Å². The molecule has 1 heterocycles. The maximum absolute atomic E-state index is 12.0. The van der Waals surface area contributed by atoms with Crippen molar-refractivity contribution in [2.24, 2.45) is 5.92 Å². The normalized spacial score (nSPS) is 17.7.